The van der Waals surface area contributed by atoms with Crippen LogP contribution in [0, 0.1) is 5.41 Å². The fraction of sp³-hybridized carbons (Fsp3) is 0.562. The minimum atomic E-state index is -0.386. The second kappa shape index (κ2) is 5.94. The van der Waals surface area contributed by atoms with E-state index in [4.69, 9.17) is 4.74 Å². The molecular formula is C16H23NO3. The summed E-state index contributed by atoms with van der Waals surface area (Å²) >= 11 is 0. The molecular weight excluding hydrogens is 254 g/mol. The van der Waals surface area contributed by atoms with Gasteiger partial charge < -0.3 is 9.84 Å². The average molecular weight is 277 g/mol. The molecule has 4 heteroatoms. The van der Waals surface area contributed by atoms with Gasteiger partial charge in [-0.05, 0) is 24.3 Å². The van der Waals surface area contributed by atoms with Crippen molar-refractivity contribution in [3.8, 4) is 0 Å². The topological polar surface area (TPSA) is 58.6 Å². The first-order valence-electron chi connectivity index (χ1n) is 7.06. The Morgan fingerprint density at radius 1 is 1.40 bits per heavy atom. The molecule has 1 saturated heterocycles. The molecule has 0 amide bonds. The van der Waals surface area contributed by atoms with Crippen LogP contribution in [0.3, 0.4) is 0 Å². The first-order chi connectivity index (χ1) is 9.44. The third-order valence-electron chi connectivity index (χ3n) is 3.97. The van der Waals surface area contributed by atoms with Gasteiger partial charge in [0.25, 0.3) is 0 Å². The van der Waals surface area contributed by atoms with E-state index in [1.165, 1.54) is 0 Å². The SMILES string of the molecule is CC(NC1C(=O)OC(CO)CC1(C)C)c1ccccc1. The van der Waals surface area contributed by atoms with Crippen molar-refractivity contribution in [2.45, 2.75) is 45.4 Å². The number of esters is 1. The molecule has 1 aromatic rings. The fourth-order valence-corrected chi connectivity index (χ4v) is 2.78. The number of aliphatic hydroxyl groups is 1. The summed E-state index contributed by atoms with van der Waals surface area (Å²) in [6.07, 6.45) is 0.275. The smallest absolute Gasteiger partial charge is 0.324 e. The van der Waals surface area contributed by atoms with Crippen LogP contribution >= 0.6 is 0 Å². The van der Waals surface area contributed by atoms with E-state index in [1.807, 2.05) is 51.1 Å². The van der Waals surface area contributed by atoms with Crippen LogP contribution in [-0.4, -0.2) is 29.8 Å². The van der Waals surface area contributed by atoms with Gasteiger partial charge in [-0.25, -0.2) is 0 Å². The highest BCUT2D eigenvalue weighted by molar-refractivity contribution is 5.78. The van der Waals surface area contributed by atoms with Crippen LogP contribution in [0.15, 0.2) is 30.3 Å². The molecule has 3 unspecified atom stereocenters. The summed E-state index contributed by atoms with van der Waals surface area (Å²) in [5.74, 6) is -0.275. The largest absolute Gasteiger partial charge is 0.459 e. The number of rotatable bonds is 4. The Bertz CT molecular complexity index is 458. The van der Waals surface area contributed by atoms with Crippen LogP contribution < -0.4 is 5.32 Å². The molecule has 0 aromatic heterocycles. The lowest BCUT2D eigenvalue weighted by atomic mass is 9.77. The minimum absolute atomic E-state index is 0.0682. The molecule has 1 aromatic carbocycles. The van der Waals surface area contributed by atoms with E-state index in [2.05, 4.69) is 5.32 Å². The lowest BCUT2D eigenvalue weighted by Crippen LogP contribution is -2.55. The molecule has 1 heterocycles. The van der Waals surface area contributed by atoms with E-state index < -0.39 is 0 Å². The maximum atomic E-state index is 12.2. The fourth-order valence-electron chi connectivity index (χ4n) is 2.78. The van der Waals surface area contributed by atoms with Gasteiger partial charge in [-0.3, -0.25) is 10.1 Å². The van der Waals surface area contributed by atoms with E-state index in [0.717, 1.165) is 5.56 Å². The molecule has 3 atom stereocenters. The lowest BCUT2D eigenvalue weighted by Gasteiger charge is -2.41. The van der Waals surface area contributed by atoms with Crippen molar-refractivity contribution in [3.63, 3.8) is 0 Å². The van der Waals surface area contributed by atoms with Crippen molar-refractivity contribution < 1.29 is 14.6 Å². The van der Waals surface area contributed by atoms with Gasteiger partial charge in [0.05, 0.1) is 6.61 Å². The molecule has 20 heavy (non-hydrogen) atoms. The molecule has 1 fully saturated rings. The molecule has 110 valence electrons. The van der Waals surface area contributed by atoms with Gasteiger partial charge in [0.1, 0.15) is 12.1 Å². The summed E-state index contributed by atoms with van der Waals surface area (Å²) in [5.41, 5.74) is 0.895. The van der Waals surface area contributed by atoms with Gasteiger partial charge in [0, 0.05) is 6.04 Å². The van der Waals surface area contributed by atoms with Gasteiger partial charge in [0.2, 0.25) is 0 Å². The maximum Gasteiger partial charge on any atom is 0.324 e. The first kappa shape index (κ1) is 15.0. The van der Waals surface area contributed by atoms with E-state index >= 15 is 0 Å². The van der Waals surface area contributed by atoms with Crippen molar-refractivity contribution >= 4 is 5.97 Å². The zero-order valence-corrected chi connectivity index (χ0v) is 12.3. The molecule has 0 saturated carbocycles. The first-order valence-corrected chi connectivity index (χ1v) is 7.06. The van der Waals surface area contributed by atoms with Gasteiger partial charge in [0.15, 0.2) is 0 Å². The van der Waals surface area contributed by atoms with E-state index in [9.17, 15) is 9.90 Å². The molecule has 2 N–H and O–H groups in total. The van der Waals surface area contributed by atoms with Crippen LogP contribution in [0.4, 0.5) is 0 Å². The Morgan fingerprint density at radius 3 is 2.60 bits per heavy atom. The van der Waals surface area contributed by atoms with E-state index in [-0.39, 0.29) is 36.2 Å². The molecule has 0 radical (unpaired) electrons. The highest BCUT2D eigenvalue weighted by atomic mass is 16.6. The van der Waals surface area contributed by atoms with Crippen LogP contribution in [0.1, 0.15) is 38.8 Å². The number of hydrogen-bond acceptors (Lipinski definition) is 4. The Kier molecular flexibility index (Phi) is 4.45. The number of benzene rings is 1. The summed E-state index contributed by atoms with van der Waals surface area (Å²) in [6.45, 7) is 5.99. The van der Waals surface area contributed by atoms with Crippen LogP contribution in [0.2, 0.25) is 0 Å². The number of nitrogens with one attached hydrogen (secondary N) is 1. The summed E-state index contributed by atoms with van der Waals surface area (Å²) in [7, 11) is 0. The third kappa shape index (κ3) is 3.19. The zero-order chi connectivity index (χ0) is 14.8. The van der Waals surface area contributed by atoms with E-state index in [0.29, 0.717) is 6.42 Å². The van der Waals surface area contributed by atoms with Crippen LogP contribution in [0.25, 0.3) is 0 Å². The number of cyclic esters (lactones) is 1. The van der Waals surface area contributed by atoms with Crippen molar-refractivity contribution in [2.24, 2.45) is 5.41 Å². The number of hydrogen-bond donors (Lipinski definition) is 2. The van der Waals surface area contributed by atoms with Crippen molar-refractivity contribution in [2.75, 3.05) is 6.61 Å². The third-order valence-corrected chi connectivity index (χ3v) is 3.97. The monoisotopic (exact) mass is 277 g/mol. The maximum absolute atomic E-state index is 12.2. The summed E-state index contributed by atoms with van der Waals surface area (Å²) in [6, 6.07) is 9.73. The normalized spacial score (nSPS) is 26.9. The van der Waals surface area contributed by atoms with Gasteiger partial charge in [-0.1, -0.05) is 44.2 Å². The van der Waals surface area contributed by atoms with Gasteiger partial charge >= 0.3 is 5.97 Å². The quantitative estimate of drug-likeness (QED) is 0.827. The van der Waals surface area contributed by atoms with Gasteiger partial charge in [-0.2, -0.15) is 0 Å². The number of aliphatic hydroxyl groups excluding tert-OH is 1. The Hall–Kier alpha value is -1.39. The Labute approximate surface area is 120 Å². The molecule has 1 aliphatic heterocycles. The second-order valence-electron chi connectivity index (χ2n) is 6.17. The standard InChI is InChI=1S/C16H23NO3/c1-11(12-7-5-4-6-8-12)17-14-15(19)20-13(10-18)9-16(14,2)3/h4-8,11,13-14,17-18H,9-10H2,1-3H3. The van der Waals surface area contributed by atoms with Crippen LogP contribution in [-0.2, 0) is 9.53 Å². The minimum Gasteiger partial charge on any atom is -0.459 e. The molecule has 4 nitrogen and oxygen atoms in total. The van der Waals surface area contributed by atoms with Crippen molar-refractivity contribution in [1.29, 1.82) is 0 Å². The zero-order valence-electron chi connectivity index (χ0n) is 12.3. The van der Waals surface area contributed by atoms with Gasteiger partial charge in [-0.15, -0.1) is 0 Å². The summed E-state index contributed by atoms with van der Waals surface area (Å²) in [4.78, 5) is 12.2. The Morgan fingerprint density at radius 2 is 2.05 bits per heavy atom. The summed E-state index contributed by atoms with van der Waals surface area (Å²) in [5, 5.41) is 12.6. The summed E-state index contributed by atoms with van der Waals surface area (Å²) < 4.78 is 5.27. The molecule has 2 rings (SSSR count). The van der Waals surface area contributed by atoms with E-state index in [1.54, 1.807) is 0 Å². The highest BCUT2D eigenvalue weighted by Gasteiger charge is 2.44. The van der Waals surface area contributed by atoms with Crippen LogP contribution in [0.5, 0.6) is 0 Å². The number of ether oxygens (including phenoxy) is 1. The number of carbonyl (C=O) groups excluding carboxylic acids is 1. The van der Waals surface area contributed by atoms with Crippen molar-refractivity contribution in [3.05, 3.63) is 35.9 Å². The predicted octanol–water partition coefficient (Wildman–Crippen LogP) is 2.04. The predicted molar refractivity (Wildman–Crippen MR) is 77.1 cm³/mol. The lowest BCUT2D eigenvalue weighted by molar-refractivity contribution is -0.169. The second-order valence-corrected chi connectivity index (χ2v) is 6.17. The molecule has 0 spiro atoms. The molecule has 0 aliphatic carbocycles. The molecule has 0 bridgehead atoms. The number of carbonyl (C=O) groups is 1. The average Bonchev–Trinajstić information content (AvgIpc) is 2.43. The Balaban J connectivity index is 2.10. The molecule has 1 aliphatic rings. The van der Waals surface area contributed by atoms with Crippen molar-refractivity contribution in [1.82, 2.24) is 5.32 Å². The highest BCUT2D eigenvalue weighted by Crippen LogP contribution is 2.34.